The molecule has 106 valence electrons. The molecule has 0 N–H and O–H groups in total. The maximum absolute atomic E-state index is 13.3. The molecule has 0 saturated heterocycles. The lowest BCUT2D eigenvalue weighted by Gasteiger charge is -2.04. The lowest BCUT2D eigenvalue weighted by atomic mass is 10.0. The van der Waals surface area contributed by atoms with Crippen LogP contribution in [-0.2, 0) is 0 Å². The fourth-order valence-corrected chi connectivity index (χ4v) is 1.54. The highest BCUT2D eigenvalue weighted by Crippen LogP contribution is 2.11. The van der Waals surface area contributed by atoms with Gasteiger partial charge in [-0.1, -0.05) is 49.8 Å². The van der Waals surface area contributed by atoms with Crippen LogP contribution in [0.2, 0.25) is 0 Å². The maximum Gasteiger partial charge on any atom is 0.143 e. The number of halogens is 1. The fourth-order valence-electron chi connectivity index (χ4n) is 1.54. The van der Waals surface area contributed by atoms with Crippen molar-refractivity contribution in [2.75, 3.05) is 7.05 Å². The second-order valence-corrected chi connectivity index (χ2v) is 4.62. The molecule has 0 spiro atoms. The van der Waals surface area contributed by atoms with Crippen molar-refractivity contribution >= 4 is 6.21 Å². The van der Waals surface area contributed by atoms with Crippen molar-refractivity contribution in [3.05, 3.63) is 47.4 Å². The Balaban J connectivity index is 4.59. The Hall–Kier alpha value is -1.44. The molecule has 0 aromatic rings. The summed E-state index contributed by atoms with van der Waals surface area (Å²) in [6, 6.07) is 0. The molecular formula is C17H26FN. The first-order valence-corrected chi connectivity index (χ1v) is 6.86. The van der Waals surface area contributed by atoms with Crippen molar-refractivity contribution in [1.29, 1.82) is 0 Å². The minimum absolute atomic E-state index is 0.294. The summed E-state index contributed by atoms with van der Waals surface area (Å²) in [4.78, 5) is 3.65. The molecule has 2 heteroatoms. The average molecular weight is 263 g/mol. The molecule has 0 heterocycles. The molecule has 0 fully saturated rings. The van der Waals surface area contributed by atoms with Crippen LogP contribution in [-0.4, -0.2) is 13.3 Å². The smallest absolute Gasteiger partial charge is 0.143 e. The number of hydrogen-bond donors (Lipinski definition) is 0. The van der Waals surface area contributed by atoms with Crippen LogP contribution in [0.15, 0.2) is 52.3 Å². The van der Waals surface area contributed by atoms with Crippen LogP contribution in [0, 0.1) is 5.92 Å². The lowest BCUT2D eigenvalue weighted by molar-refractivity contribution is 0.606. The number of aliphatic imine (C=N–C) groups is 1. The maximum atomic E-state index is 13.3. The zero-order chi connectivity index (χ0) is 14.7. The van der Waals surface area contributed by atoms with Gasteiger partial charge in [-0.15, -0.1) is 0 Å². The Morgan fingerprint density at radius 2 is 1.79 bits per heavy atom. The Morgan fingerprint density at radius 3 is 2.32 bits per heavy atom. The highest BCUT2D eigenvalue weighted by Gasteiger charge is 1.96. The molecule has 0 aliphatic carbocycles. The molecular weight excluding hydrogens is 237 g/mol. The quantitative estimate of drug-likeness (QED) is 0.429. The summed E-state index contributed by atoms with van der Waals surface area (Å²) in [5.41, 5.74) is 1.75. The van der Waals surface area contributed by atoms with E-state index in [0.29, 0.717) is 11.5 Å². The highest BCUT2D eigenvalue weighted by atomic mass is 19.1. The number of hydrogen-bond acceptors (Lipinski definition) is 1. The minimum Gasteiger partial charge on any atom is -0.293 e. The van der Waals surface area contributed by atoms with E-state index in [2.05, 4.69) is 31.0 Å². The third-order valence-corrected chi connectivity index (χ3v) is 3.00. The van der Waals surface area contributed by atoms with Gasteiger partial charge in [-0.05, 0) is 38.2 Å². The van der Waals surface area contributed by atoms with E-state index in [1.54, 1.807) is 20.0 Å². The van der Waals surface area contributed by atoms with Crippen LogP contribution < -0.4 is 0 Å². The Labute approximate surface area is 117 Å². The molecule has 0 amide bonds. The van der Waals surface area contributed by atoms with Gasteiger partial charge < -0.3 is 0 Å². The van der Waals surface area contributed by atoms with E-state index in [-0.39, 0.29) is 5.83 Å². The predicted octanol–water partition coefficient (Wildman–Crippen LogP) is 5.43. The second-order valence-electron chi connectivity index (χ2n) is 4.62. The fraction of sp³-hybridized carbons (Fsp3) is 0.471. The van der Waals surface area contributed by atoms with Crippen molar-refractivity contribution in [2.45, 2.75) is 40.5 Å². The van der Waals surface area contributed by atoms with E-state index >= 15 is 0 Å². The topological polar surface area (TPSA) is 12.4 Å². The summed E-state index contributed by atoms with van der Waals surface area (Å²) < 4.78 is 13.3. The Kier molecular flexibility index (Phi) is 9.69. The van der Waals surface area contributed by atoms with Gasteiger partial charge in [0.15, 0.2) is 0 Å². The van der Waals surface area contributed by atoms with E-state index in [1.807, 2.05) is 19.1 Å². The third kappa shape index (κ3) is 8.30. The molecule has 0 rings (SSSR count). The summed E-state index contributed by atoms with van der Waals surface area (Å²) in [5.74, 6) is 0.351. The van der Waals surface area contributed by atoms with E-state index in [1.165, 1.54) is 24.6 Å². The van der Waals surface area contributed by atoms with Gasteiger partial charge in [0.25, 0.3) is 0 Å². The summed E-state index contributed by atoms with van der Waals surface area (Å²) in [6.45, 7) is 8.18. The van der Waals surface area contributed by atoms with Gasteiger partial charge in [-0.3, -0.25) is 4.99 Å². The molecule has 0 atom stereocenters. The zero-order valence-corrected chi connectivity index (χ0v) is 12.8. The van der Waals surface area contributed by atoms with Crippen molar-refractivity contribution < 1.29 is 4.39 Å². The second kappa shape index (κ2) is 10.5. The minimum atomic E-state index is -0.294. The summed E-state index contributed by atoms with van der Waals surface area (Å²) >= 11 is 0. The predicted molar refractivity (Wildman–Crippen MR) is 84.3 cm³/mol. The van der Waals surface area contributed by atoms with Gasteiger partial charge in [0, 0.05) is 7.05 Å². The SMILES string of the molecule is CCC(/C=C/C(C)=C/C=C/C(C)=C(\F)C=NC)CC. The number of nitrogens with zero attached hydrogens (tertiary/aromatic N) is 1. The molecule has 0 aromatic heterocycles. The Morgan fingerprint density at radius 1 is 1.16 bits per heavy atom. The van der Waals surface area contributed by atoms with Gasteiger partial charge in [0.1, 0.15) is 5.83 Å². The first-order chi connectivity index (χ1) is 9.04. The number of allylic oxidation sites excluding steroid dienone is 8. The van der Waals surface area contributed by atoms with Crippen LogP contribution in [0.5, 0.6) is 0 Å². The standard InChI is InChI=1S/C17H26FN/c1-6-16(7-2)12-11-14(3)9-8-10-15(4)17(18)13-19-5/h8-13,16H,6-7H2,1-5H3/b10-8+,12-11+,14-9+,17-15-,19-13?. The van der Waals surface area contributed by atoms with Crippen LogP contribution >= 0.6 is 0 Å². The monoisotopic (exact) mass is 263 g/mol. The van der Waals surface area contributed by atoms with Gasteiger partial charge in [0.05, 0.1) is 6.21 Å². The molecule has 0 aliphatic heterocycles. The molecule has 19 heavy (non-hydrogen) atoms. The number of rotatable bonds is 7. The highest BCUT2D eigenvalue weighted by molar-refractivity contribution is 5.77. The first-order valence-electron chi connectivity index (χ1n) is 6.86. The normalized spacial score (nSPS) is 15.2. The van der Waals surface area contributed by atoms with Gasteiger partial charge in [-0.2, -0.15) is 0 Å². The zero-order valence-electron chi connectivity index (χ0n) is 12.8. The van der Waals surface area contributed by atoms with E-state index in [9.17, 15) is 4.39 Å². The van der Waals surface area contributed by atoms with Crippen molar-refractivity contribution in [1.82, 2.24) is 0 Å². The van der Waals surface area contributed by atoms with E-state index in [0.717, 1.165) is 0 Å². The molecule has 0 unspecified atom stereocenters. The van der Waals surface area contributed by atoms with Gasteiger partial charge in [0.2, 0.25) is 0 Å². The third-order valence-electron chi connectivity index (χ3n) is 3.00. The Bertz CT molecular complexity index is 393. The summed E-state index contributed by atoms with van der Waals surface area (Å²) in [6.07, 6.45) is 13.5. The van der Waals surface area contributed by atoms with E-state index < -0.39 is 0 Å². The van der Waals surface area contributed by atoms with Gasteiger partial charge in [-0.25, -0.2) is 4.39 Å². The molecule has 0 saturated carbocycles. The molecule has 0 radical (unpaired) electrons. The lowest BCUT2D eigenvalue weighted by Crippen LogP contribution is -1.90. The molecule has 0 bridgehead atoms. The van der Waals surface area contributed by atoms with E-state index in [4.69, 9.17) is 0 Å². The molecule has 0 aliphatic rings. The van der Waals surface area contributed by atoms with Crippen molar-refractivity contribution in [3.8, 4) is 0 Å². The van der Waals surface area contributed by atoms with Crippen molar-refractivity contribution in [2.24, 2.45) is 10.9 Å². The largest absolute Gasteiger partial charge is 0.293 e. The van der Waals surface area contributed by atoms with Crippen LogP contribution in [0.25, 0.3) is 0 Å². The molecule has 1 nitrogen and oxygen atoms in total. The van der Waals surface area contributed by atoms with Crippen LogP contribution in [0.3, 0.4) is 0 Å². The summed E-state index contributed by atoms with van der Waals surface area (Å²) in [7, 11) is 1.56. The van der Waals surface area contributed by atoms with Crippen LogP contribution in [0.1, 0.15) is 40.5 Å². The van der Waals surface area contributed by atoms with Crippen LogP contribution in [0.4, 0.5) is 4.39 Å². The summed E-state index contributed by atoms with van der Waals surface area (Å²) in [5, 5.41) is 0. The first kappa shape index (κ1) is 17.6. The van der Waals surface area contributed by atoms with Gasteiger partial charge >= 0.3 is 0 Å². The molecule has 0 aromatic carbocycles. The average Bonchev–Trinajstić information content (AvgIpc) is 2.40. The van der Waals surface area contributed by atoms with Crippen molar-refractivity contribution in [3.63, 3.8) is 0 Å².